The molecule has 0 radical (unpaired) electrons. The molecule has 3 aliphatic carbocycles. The largest absolute Gasteiger partial charge is 0.375 e. The fraction of sp³-hybridized carbons (Fsp3) is 0.857. The van der Waals surface area contributed by atoms with E-state index < -0.39 is 0 Å². The first-order chi connectivity index (χ1) is 7.29. The molecule has 0 aromatic heterocycles. The average Bonchev–Trinajstić information content (AvgIpc) is 2.87. The molecule has 0 N–H and O–H groups in total. The SMILES string of the molecule is CCC(C)OC1CC2CC1C1C=CCC21. The molecule has 2 fully saturated rings. The van der Waals surface area contributed by atoms with Crippen LogP contribution in [0.1, 0.15) is 39.5 Å². The topological polar surface area (TPSA) is 9.23 Å². The van der Waals surface area contributed by atoms with Crippen LogP contribution >= 0.6 is 0 Å². The standard InChI is InChI=1S/C14H22O/c1-3-9(2)15-14-8-10-7-13(14)12-6-4-5-11(10)12/h4,6,9-14H,3,5,7-8H2,1-2H3. The van der Waals surface area contributed by atoms with Crippen LogP contribution in [0.5, 0.6) is 0 Å². The number of hydrogen-bond donors (Lipinski definition) is 0. The van der Waals surface area contributed by atoms with E-state index >= 15 is 0 Å². The van der Waals surface area contributed by atoms with Gasteiger partial charge in [-0.15, -0.1) is 0 Å². The fourth-order valence-electron chi connectivity index (χ4n) is 4.04. The van der Waals surface area contributed by atoms with E-state index in [1.165, 1.54) is 19.3 Å². The molecular formula is C14H22O. The minimum Gasteiger partial charge on any atom is -0.375 e. The maximum absolute atomic E-state index is 6.17. The zero-order chi connectivity index (χ0) is 10.4. The molecule has 84 valence electrons. The highest BCUT2D eigenvalue weighted by molar-refractivity contribution is 5.14. The summed E-state index contributed by atoms with van der Waals surface area (Å²) >= 11 is 0. The van der Waals surface area contributed by atoms with E-state index in [-0.39, 0.29) is 0 Å². The van der Waals surface area contributed by atoms with Crippen molar-refractivity contribution >= 4 is 0 Å². The van der Waals surface area contributed by atoms with Crippen LogP contribution < -0.4 is 0 Å². The molecule has 3 aliphatic rings. The van der Waals surface area contributed by atoms with E-state index in [4.69, 9.17) is 4.74 Å². The molecule has 2 saturated carbocycles. The van der Waals surface area contributed by atoms with Crippen LogP contribution in [0.2, 0.25) is 0 Å². The van der Waals surface area contributed by atoms with Gasteiger partial charge in [0, 0.05) is 0 Å². The maximum atomic E-state index is 6.17. The third-order valence-corrected chi connectivity index (χ3v) is 4.93. The Morgan fingerprint density at radius 2 is 2.20 bits per heavy atom. The average molecular weight is 206 g/mol. The molecular weight excluding hydrogens is 184 g/mol. The van der Waals surface area contributed by atoms with Crippen LogP contribution in [0.3, 0.4) is 0 Å². The molecule has 0 spiro atoms. The van der Waals surface area contributed by atoms with Gasteiger partial charge in [0.05, 0.1) is 12.2 Å². The van der Waals surface area contributed by atoms with Crippen molar-refractivity contribution in [2.24, 2.45) is 23.7 Å². The Morgan fingerprint density at radius 1 is 1.33 bits per heavy atom. The summed E-state index contributed by atoms with van der Waals surface area (Å²) in [6.45, 7) is 4.43. The first-order valence-corrected chi connectivity index (χ1v) is 6.61. The number of fused-ring (bicyclic) bond motifs is 5. The highest BCUT2D eigenvalue weighted by Crippen LogP contribution is 2.57. The zero-order valence-corrected chi connectivity index (χ0v) is 9.86. The second-order valence-corrected chi connectivity index (χ2v) is 5.69. The van der Waals surface area contributed by atoms with E-state index in [0.717, 1.165) is 30.1 Å². The molecule has 0 amide bonds. The van der Waals surface area contributed by atoms with E-state index in [1.807, 2.05) is 0 Å². The van der Waals surface area contributed by atoms with Gasteiger partial charge in [-0.2, -0.15) is 0 Å². The lowest BCUT2D eigenvalue weighted by Crippen LogP contribution is -2.32. The van der Waals surface area contributed by atoms with Gasteiger partial charge < -0.3 is 4.74 Å². The van der Waals surface area contributed by atoms with Crippen molar-refractivity contribution in [3.63, 3.8) is 0 Å². The summed E-state index contributed by atoms with van der Waals surface area (Å²) in [5.41, 5.74) is 0. The summed E-state index contributed by atoms with van der Waals surface area (Å²) in [5, 5.41) is 0. The predicted molar refractivity (Wildman–Crippen MR) is 61.6 cm³/mol. The second-order valence-electron chi connectivity index (χ2n) is 5.69. The Labute approximate surface area is 92.9 Å². The van der Waals surface area contributed by atoms with E-state index in [2.05, 4.69) is 26.0 Å². The summed E-state index contributed by atoms with van der Waals surface area (Å²) in [7, 11) is 0. The molecule has 0 aliphatic heterocycles. The van der Waals surface area contributed by atoms with Crippen molar-refractivity contribution in [1.29, 1.82) is 0 Å². The van der Waals surface area contributed by atoms with Gasteiger partial charge >= 0.3 is 0 Å². The number of hydrogen-bond acceptors (Lipinski definition) is 1. The molecule has 0 aromatic carbocycles. The van der Waals surface area contributed by atoms with Gasteiger partial charge in [0.15, 0.2) is 0 Å². The van der Waals surface area contributed by atoms with Crippen LogP contribution in [0.25, 0.3) is 0 Å². The van der Waals surface area contributed by atoms with Crippen LogP contribution in [0.4, 0.5) is 0 Å². The quantitative estimate of drug-likeness (QED) is 0.643. The Bertz CT molecular complexity index is 271. The lowest BCUT2D eigenvalue weighted by atomic mass is 9.80. The van der Waals surface area contributed by atoms with Crippen molar-refractivity contribution in [2.75, 3.05) is 0 Å². The van der Waals surface area contributed by atoms with Crippen molar-refractivity contribution in [2.45, 2.75) is 51.7 Å². The van der Waals surface area contributed by atoms with Crippen LogP contribution in [0.15, 0.2) is 12.2 Å². The number of rotatable bonds is 3. The third kappa shape index (κ3) is 1.47. The van der Waals surface area contributed by atoms with Crippen molar-refractivity contribution in [3.05, 3.63) is 12.2 Å². The third-order valence-electron chi connectivity index (χ3n) is 4.93. The Morgan fingerprint density at radius 3 is 3.00 bits per heavy atom. The number of allylic oxidation sites excluding steroid dienone is 2. The number of ether oxygens (including phenoxy) is 1. The van der Waals surface area contributed by atoms with Crippen LogP contribution in [-0.4, -0.2) is 12.2 Å². The van der Waals surface area contributed by atoms with Gasteiger partial charge in [0.1, 0.15) is 0 Å². The summed E-state index contributed by atoms with van der Waals surface area (Å²) in [5.74, 6) is 3.70. The molecule has 1 heteroatoms. The van der Waals surface area contributed by atoms with E-state index in [9.17, 15) is 0 Å². The highest BCUT2D eigenvalue weighted by atomic mass is 16.5. The fourth-order valence-corrected chi connectivity index (χ4v) is 4.04. The molecule has 15 heavy (non-hydrogen) atoms. The molecule has 6 unspecified atom stereocenters. The van der Waals surface area contributed by atoms with Gasteiger partial charge in [-0.1, -0.05) is 19.1 Å². The highest BCUT2D eigenvalue weighted by Gasteiger charge is 2.52. The van der Waals surface area contributed by atoms with Crippen molar-refractivity contribution in [3.8, 4) is 0 Å². The first kappa shape index (κ1) is 9.89. The van der Waals surface area contributed by atoms with Crippen LogP contribution in [-0.2, 0) is 4.74 Å². The van der Waals surface area contributed by atoms with Crippen LogP contribution in [0, 0.1) is 23.7 Å². The van der Waals surface area contributed by atoms with Crippen molar-refractivity contribution < 1.29 is 4.74 Å². The molecule has 0 heterocycles. The second kappa shape index (κ2) is 3.62. The molecule has 1 nitrogen and oxygen atoms in total. The lowest BCUT2D eigenvalue weighted by molar-refractivity contribution is -0.0470. The minimum absolute atomic E-state index is 0.457. The Kier molecular flexibility index (Phi) is 2.39. The Balaban J connectivity index is 1.68. The van der Waals surface area contributed by atoms with Crippen molar-refractivity contribution in [1.82, 2.24) is 0 Å². The van der Waals surface area contributed by atoms with Gasteiger partial charge in [-0.25, -0.2) is 0 Å². The lowest BCUT2D eigenvalue weighted by Gasteiger charge is -2.32. The summed E-state index contributed by atoms with van der Waals surface area (Å²) in [6.07, 6.45) is 11.2. The zero-order valence-electron chi connectivity index (χ0n) is 9.86. The first-order valence-electron chi connectivity index (χ1n) is 6.61. The summed E-state index contributed by atoms with van der Waals surface area (Å²) in [6, 6.07) is 0. The van der Waals surface area contributed by atoms with Gasteiger partial charge in [-0.3, -0.25) is 0 Å². The van der Waals surface area contributed by atoms with Gasteiger partial charge in [0.25, 0.3) is 0 Å². The predicted octanol–water partition coefficient (Wildman–Crippen LogP) is 3.40. The van der Waals surface area contributed by atoms with E-state index in [1.54, 1.807) is 0 Å². The smallest absolute Gasteiger partial charge is 0.0615 e. The normalized spacial score (nSPS) is 48.5. The molecule has 2 bridgehead atoms. The minimum atomic E-state index is 0.457. The molecule has 0 aromatic rings. The Hall–Kier alpha value is -0.300. The summed E-state index contributed by atoms with van der Waals surface area (Å²) in [4.78, 5) is 0. The monoisotopic (exact) mass is 206 g/mol. The molecule has 6 atom stereocenters. The maximum Gasteiger partial charge on any atom is 0.0615 e. The van der Waals surface area contributed by atoms with E-state index in [0.29, 0.717) is 12.2 Å². The van der Waals surface area contributed by atoms with Gasteiger partial charge in [-0.05, 0) is 56.3 Å². The summed E-state index contributed by atoms with van der Waals surface area (Å²) < 4.78 is 6.17. The molecule has 3 rings (SSSR count). The molecule has 0 saturated heterocycles. The van der Waals surface area contributed by atoms with Gasteiger partial charge in [0.2, 0.25) is 0 Å².